The minimum Gasteiger partial charge on any atom is -0.376 e. The van der Waals surface area contributed by atoms with Gasteiger partial charge in [-0.15, -0.1) is 16.4 Å². The summed E-state index contributed by atoms with van der Waals surface area (Å²) in [4.78, 5) is 40.3. The number of thiophene rings is 1. The number of amides is 1. The van der Waals surface area contributed by atoms with Gasteiger partial charge in [-0.3, -0.25) is 14.2 Å². The molecule has 3 aromatic heterocycles. The molecule has 0 aliphatic carbocycles. The van der Waals surface area contributed by atoms with Crippen LogP contribution in [0.25, 0.3) is 16.0 Å². The molecule has 5 heterocycles. The maximum atomic E-state index is 13.3. The van der Waals surface area contributed by atoms with Crippen LogP contribution in [-0.4, -0.2) is 43.9 Å². The molecule has 2 saturated heterocycles. The molecule has 0 radical (unpaired) electrons. The first-order valence-electron chi connectivity index (χ1n) is 11.2. The summed E-state index contributed by atoms with van der Waals surface area (Å²) < 4.78 is 10.8. The molecule has 2 fully saturated rings. The van der Waals surface area contributed by atoms with E-state index in [1.165, 1.54) is 20.4 Å². The van der Waals surface area contributed by atoms with Gasteiger partial charge in [-0.1, -0.05) is 12.1 Å². The summed E-state index contributed by atoms with van der Waals surface area (Å²) >= 11 is 1.33. The lowest BCUT2D eigenvalue weighted by atomic mass is 10.2. The maximum absolute atomic E-state index is 13.3. The Morgan fingerprint density at radius 1 is 1.09 bits per heavy atom. The van der Waals surface area contributed by atoms with Gasteiger partial charge in [0.1, 0.15) is 4.70 Å². The normalized spacial score (nSPS) is 18.8. The summed E-state index contributed by atoms with van der Waals surface area (Å²) in [6.07, 6.45) is 3.27. The van der Waals surface area contributed by atoms with E-state index in [1.54, 1.807) is 15.5 Å². The van der Waals surface area contributed by atoms with E-state index in [4.69, 9.17) is 4.74 Å². The fraction of sp³-hybridized carbons (Fsp3) is 0.391. The zero-order chi connectivity index (χ0) is 22.5. The van der Waals surface area contributed by atoms with Crippen molar-refractivity contribution in [3.8, 4) is 0 Å². The van der Waals surface area contributed by atoms with Crippen LogP contribution in [0, 0.1) is 0 Å². The van der Waals surface area contributed by atoms with Crippen molar-refractivity contribution in [2.24, 2.45) is 0 Å². The van der Waals surface area contributed by atoms with Gasteiger partial charge in [0.15, 0.2) is 0 Å². The topological polar surface area (TPSA) is 90.8 Å². The van der Waals surface area contributed by atoms with Crippen LogP contribution >= 0.6 is 11.3 Å². The quantitative estimate of drug-likeness (QED) is 0.451. The molecule has 33 heavy (non-hydrogen) atoms. The summed E-state index contributed by atoms with van der Waals surface area (Å²) in [5, 5.41) is 6.39. The number of hydrogen-bond donors (Lipinski definition) is 0. The molecule has 170 valence electrons. The standard InChI is InChI=1S/C23H23N5O4S/c29-19-4-1-10-25(19)16-7-5-15(6-8-16)13-27-23(31)28-18-9-12-33-20(18)21(30)26(22(28)24-27)14-17-3-2-11-32-17/h5-9,12,17H,1-4,10-11,13-14H2/t17-/m1/s1. The second-order valence-corrected chi connectivity index (χ2v) is 9.49. The molecular formula is C23H23N5O4S. The highest BCUT2D eigenvalue weighted by atomic mass is 32.1. The first kappa shape index (κ1) is 20.4. The average Bonchev–Trinajstić information content (AvgIpc) is 3.61. The summed E-state index contributed by atoms with van der Waals surface area (Å²) in [7, 11) is 0. The van der Waals surface area contributed by atoms with Gasteiger partial charge in [0.25, 0.3) is 5.56 Å². The zero-order valence-electron chi connectivity index (χ0n) is 18.0. The first-order valence-corrected chi connectivity index (χ1v) is 12.1. The van der Waals surface area contributed by atoms with Gasteiger partial charge in [0.2, 0.25) is 11.7 Å². The highest BCUT2D eigenvalue weighted by Crippen LogP contribution is 2.22. The van der Waals surface area contributed by atoms with E-state index in [0.29, 0.717) is 35.6 Å². The number of carbonyl (C=O) groups is 1. The number of nitrogens with zero attached hydrogens (tertiary/aromatic N) is 5. The molecule has 2 aliphatic rings. The van der Waals surface area contributed by atoms with Crippen molar-refractivity contribution >= 4 is 38.9 Å². The summed E-state index contributed by atoms with van der Waals surface area (Å²) in [6.45, 7) is 2.08. The Bertz CT molecular complexity index is 1470. The summed E-state index contributed by atoms with van der Waals surface area (Å²) in [5.41, 5.74) is 1.93. The highest BCUT2D eigenvalue weighted by molar-refractivity contribution is 7.17. The molecule has 0 N–H and O–H groups in total. The van der Waals surface area contributed by atoms with Gasteiger partial charge < -0.3 is 9.64 Å². The lowest BCUT2D eigenvalue weighted by Gasteiger charge is -2.15. The molecule has 0 saturated carbocycles. The minimum atomic E-state index is -0.284. The summed E-state index contributed by atoms with van der Waals surface area (Å²) in [6, 6.07) is 9.43. The number of benzene rings is 1. The predicted octanol–water partition coefficient (Wildman–Crippen LogP) is 2.23. The molecule has 6 rings (SSSR count). The fourth-order valence-electron chi connectivity index (χ4n) is 4.77. The van der Waals surface area contributed by atoms with Crippen molar-refractivity contribution < 1.29 is 9.53 Å². The molecule has 9 nitrogen and oxygen atoms in total. The second-order valence-electron chi connectivity index (χ2n) is 8.58. The fourth-order valence-corrected chi connectivity index (χ4v) is 5.59. The van der Waals surface area contributed by atoms with Gasteiger partial charge in [-0.2, -0.15) is 0 Å². The first-order chi connectivity index (χ1) is 16.1. The number of fused-ring (bicyclic) bond motifs is 3. The third-order valence-corrected chi connectivity index (χ3v) is 7.34. The van der Waals surface area contributed by atoms with Crippen molar-refractivity contribution in [2.75, 3.05) is 18.1 Å². The van der Waals surface area contributed by atoms with Gasteiger partial charge >= 0.3 is 5.69 Å². The van der Waals surface area contributed by atoms with E-state index in [0.717, 1.165) is 37.1 Å². The van der Waals surface area contributed by atoms with Gasteiger partial charge in [-0.05, 0) is 48.4 Å². The van der Waals surface area contributed by atoms with Crippen LogP contribution in [0.3, 0.4) is 0 Å². The monoisotopic (exact) mass is 465 g/mol. The number of aromatic nitrogens is 4. The molecule has 0 unspecified atom stereocenters. The summed E-state index contributed by atoms with van der Waals surface area (Å²) in [5.74, 6) is 0.481. The van der Waals surface area contributed by atoms with Gasteiger partial charge in [-0.25, -0.2) is 13.9 Å². The highest BCUT2D eigenvalue weighted by Gasteiger charge is 2.24. The van der Waals surface area contributed by atoms with Gasteiger partial charge in [0.05, 0.1) is 24.7 Å². The molecule has 4 aromatic rings. The van der Waals surface area contributed by atoms with Crippen molar-refractivity contribution in [3.63, 3.8) is 0 Å². The molecule has 0 bridgehead atoms. The van der Waals surface area contributed by atoms with Crippen LogP contribution in [0.5, 0.6) is 0 Å². The second kappa shape index (κ2) is 7.96. The van der Waals surface area contributed by atoms with Crippen LogP contribution in [0.1, 0.15) is 31.2 Å². The number of ether oxygens (including phenoxy) is 1. The molecule has 0 spiro atoms. The number of hydrogen-bond acceptors (Lipinski definition) is 6. The SMILES string of the molecule is O=C1CCCN1c1ccc(Cn2nc3n(C[C@H]4CCCO4)c(=O)c4sccc4n3c2=O)cc1. The Kier molecular flexibility index (Phi) is 4.92. The third kappa shape index (κ3) is 3.41. The van der Waals surface area contributed by atoms with E-state index in [2.05, 4.69) is 5.10 Å². The number of carbonyl (C=O) groups excluding carboxylic acids is 1. The van der Waals surface area contributed by atoms with Crippen LogP contribution < -0.4 is 16.1 Å². The van der Waals surface area contributed by atoms with Crippen molar-refractivity contribution in [1.82, 2.24) is 18.7 Å². The van der Waals surface area contributed by atoms with Crippen molar-refractivity contribution in [3.05, 3.63) is 62.1 Å². The molecule has 10 heteroatoms. The van der Waals surface area contributed by atoms with Crippen LogP contribution in [0.4, 0.5) is 5.69 Å². The molecule has 1 amide bonds. The van der Waals surface area contributed by atoms with Crippen molar-refractivity contribution in [1.29, 1.82) is 0 Å². The average molecular weight is 466 g/mol. The van der Waals surface area contributed by atoms with Crippen LogP contribution in [0.2, 0.25) is 0 Å². The molecule has 1 atom stereocenters. The van der Waals surface area contributed by atoms with E-state index >= 15 is 0 Å². The molecule has 1 aromatic carbocycles. The van der Waals surface area contributed by atoms with E-state index in [1.807, 2.05) is 29.6 Å². The smallest absolute Gasteiger partial charge is 0.352 e. The Morgan fingerprint density at radius 3 is 2.67 bits per heavy atom. The van der Waals surface area contributed by atoms with Crippen molar-refractivity contribution in [2.45, 2.75) is 44.9 Å². The molecule has 2 aliphatic heterocycles. The Labute approximate surface area is 192 Å². The lowest BCUT2D eigenvalue weighted by Crippen LogP contribution is -2.29. The van der Waals surface area contributed by atoms with Gasteiger partial charge in [0, 0.05) is 25.3 Å². The van der Waals surface area contributed by atoms with E-state index in [9.17, 15) is 14.4 Å². The minimum absolute atomic E-state index is 0.0509. The Hall–Kier alpha value is -3.24. The molecular weight excluding hydrogens is 442 g/mol. The maximum Gasteiger partial charge on any atom is 0.352 e. The van der Waals surface area contributed by atoms with Crippen LogP contribution in [-0.2, 0) is 22.6 Å². The Balaban J connectivity index is 1.39. The van der Waals surface area contributed by atoms with E-state index in [-0.39, 0.29) is 29.8 Å². The third-order valence-electron chi connectivity index (χ3n) is 6.45. The van der Waals surface area contributed by atoms with E-state index < -0.39 is 0 Å². The zero-order valence-corrected chi connectivity index (χ0v) is 18.8. The lowest BCUT2D eigenvalue weighted by molar-refractivity contribution is -0.117. The number of rotatable bonds is 5. The van der Waals surface area contributed by atoms with Crippen LogP contribution in [0.15, 0.2) is 45.3 Å². The largest absolute Gasteiger partial charge is 0.376 e. The predicted molar refractivity (Wildman–Crippen MR) is 125 cm³/mol. The number of anilines is 1. The Morgan fingerprint density at radius 2 is 1.94 bits per heavy atom.